The summed E-state index contributed by atoms with van der Waals surface area (Å²) in [5.41, 5.74) is 1.86. The molecule has 3 aromatic rings. The Labute approximate surface area is 257 Å². The van der Waals surface area contributed by atoms with Crippen molar-refractivity contribution in [3.05, 3.63) is 87.9 Å². The van der Waals surface area contributed by atoms with Gasteiger partial charge in [0, 0.05) is 27.5 Å². The molecule has 0 aliphatic rings. The predicted molar refractivity (Wildman–Crippen MR) is 168 cm³/mol. The fraction of sp³-hybridized carbons (Fsp3) is 0.333. The Hall–Kier alpha value is -2.72. The maximum absolute atomic E-state index is 14.1. The van der Waals surface area contributed by atoms with Gasteiger partial charge in [0.2, 0.25) is 11.8 Å². The number of thioether (sulfide) groups is 1. The molecule has 7 nitrogen and oxygen atoms in total. The van der Waals surface area contributed by atoms with Gasteiger partial charge in [-0.1, -0.05) is 53.9 Å². The van der Waals surface area contributed by atoms with Crippen LogP contribution in [-0.4, -0.2) is 50.0 Å². The summed E-state index contributed by atoms with van der Waals surface area (Å²) in [4.78, 5) is 29.7. The number of aryl methyl sites for hydroxylation is 1. The van der Waals surface area contributed by atoms with E-state index in [1.165, 1.54) is 28.8 Å². The van der Waals surface area contributed by atoms with E-state index in [0.29, 0.717) is 27.7 Å². The molecule has 220 valence electrons. The number of halogens is 2. The van der Waals surface area contributed by atoms with Crippen LogP contribution < -0.4 is 9.62 Å². The first kappa shape index (κ1) is 32.8. The summed E-state index contributed by atoms with van der Waals surface area (Å²) in [6, 6.07) is 17.3. The summed E-state index contributed by atoms with van der Waals surface area (Å²) in [7, 11) is -4.15. The van der Waals surface area contributed by atoms with Crippen LogP contribution in [-0.2, 0) is 26.2 Å². The van der Waals surface area contributed by atoms with Gasteiger partial charge in [0.15, 0.2) is 0 Å². The van der Waals surface area contributed by atoms with Crippen molar-refractivity contribution in [3.63, 3.8) is 0 Å². The van der Waals surface area contributed by atoms with E-state index in [1.807, 2.05) is 27.0 Å². The molecule has 3 rings (SSSR count). The summed E-state index contributed by atoms with van der Waals surface area (Å²) < 4.78 is 29.0. The quantitative estimate of drug-likeness (QED) is 0.228. The monoisotopic (exact) mass is 635 g/mol. The lowest BCUT2D eigenvalue weighted by molar-refractivity contribution is -0.140. The number of hydrogen-bond donors (Lipinski definition) is 1. The molecule has 1 atom stereocenters. The lowest BCUT2D eigenvalue weighted by Gasteiger charge is -2.33. The maximum atomic E-state index is 14.1. The van der Waals surface area contributed by atoms with Crippen LogP contribution >= 0.6 is 35.0 Å². The van der Waals surface area contributed by atoms with Gasteiger partial charge >= 0.3 is 0 Å². The zero-order chi connectivity index (χ0) is 30.3. The molecule has 0 heterocycles. The molecule has 0 aliphatic carbocycles. The number of anilines is 1. The summed E-state index contributed by atoms with van der Waals surface area (Å²) in [6.07, 6.45) is 2.21. The van der Waals surface area contributed by atoms with Crippen molar-refractivity contribution >= 4 is 62.5 Å². The highest BCUT2D eigenvalue weighted by Gasteiger charge is 2.34. The Morgan fingerprint density at radius 1 is 0.976 bits per heavy atom. The Morgan fingerprint density at radius 2 is 1.61 bits per heavy atom. The first-order valence-electron chi connectivity index (χ1n) is 13.1. The van der Waals surface area contributed by atoms with Gasteiger partial charge in [-0.3, -0.25) is 13.9 Å². The van der Waals surface area contributed by atoms with E-state index in [9.17, 15) is 18.0 Å². The third kappa shape index (κ3) is 8.41. The number of carbonyl (C=O) groups is 2. The van der Waals surface area contributed by atoms with Crippen LogP contribution in [0.3, 0.4) is 0 Å². The minimum absolute atomic E-state index is 0.0109. The molecule has 2 amide bonds. The molecule has 41 heavy (non-hydrogen) atoms. The SMILES string of the molecule is CC[C@@H](C(=O)NC(C)C)N(Cc1ccc(Cl)cc1Cl)C(=O)CN(c1ccc(C)cc1)S(=O)(=O)c1ccc(SC)cc1. The maximum Gasteiger partial charge on any atom is 0.264 e. The lowest BCUT2D eigenvalue weighted by atomic mass is 10.1. The fourth-order valence-electron chi connectivity index (χ4n) is 4.25. The topological polar surface area (TPSA) is 86.8 Å². The number of nitrogens with one attached hydrogen (secondary N) is 1. The summed E-state index contributed by atoms with van der Waals surface area (Å²) in [5.74, 6) is -0.884. The second-order valence-electron chi connectivity index (χ2n) is 9.87. The van der Waals surface area contributed by atoms with Gasteiger partial charge in [-0.2, -0.15) is 0 Å². The minimum Gasteiger partial charge on any atom is -0.352 e. The normalized spacial score (nSPS) is 12.2. The van der Waals surface area contributed by atoms with Gasteiger partial charge in [-0.15, -0.1) is 11.8 Å². The highest BCUT2D eigenvalue weighted by atomic mass is 35.5. The van der Waals surface area contributed by atoms with Crippen molar-refractivity contribution in [2.75, 3.05) is 17.1 Å². The molecule has 0 aliphatic heterocycles. The smallest absolute Gasteiger partial charge is 0.264 e. The molecule has 11 heteroatoms. The van der Waals surface area contributed by atoms with E-state index in [2.05, 4.69) is 5.32 Å². The van der Waals surface area contributed by atoms with Gasteiger partial charge in [0.05, 0.1) is 10.6 Å². The molecule has 0 saturated heterocycles. The highest BCUT2D eigenvalue weighted by molar-refractivity contribution is 7.98. The van der Waals surface area contributed by atoms with E-state index < -0.39 is 28.5 Å². The number of sulfonamides is 1. The zero-order valence-electron chi connectivity index (χ0n) is 23.7. The van der Waals surface area contributed by atoms with Gasteiger partial charge < -0.3 is 10.2 Å². The van der Waals surface area contributed by atoms with Crippen molar-refractivity contribution in [2.45, 2.75) is 62.5 Å². The standard InChI is InChI=1S/C30H35Cl2N3O4S2/c1-6-28(30(37)33-20(2)3)34(18-22-9-10-23(31)17-27(22)32)29(36)19-35(24-11-7-21(4)8-12-24)41(38,39)26-15-13-25(40-5)14-16-26/h7-17,20,28H,6,18-19H2,1-5H3,(H,33,37)/t28-/m0/s1. The summed E-state index contributed by atoms with van der Waals surface area (Å²) in [5, 5.41) is 3.65. The molecule has 0 radical (unpaired) electrons. The van der Waals surface area contributed by atoms with E-state index >= 15 is 0 Å². The molecule has 0 aromatic heterocycles. The van der Waals surface area contributed by atoms with Gasteiger partial charge in [-0.25, -0.2) is 8.42 Å². The summed E-state index contributed by atoms with van der Waals surface area (Å²) in [6.45, 7) is 6.83. The highest BCUT2D eigenvalue weighted by Crippen LogP contribution is 2.28. The minimum atomic E-state index is -4.15. The number of benzene rings is 3. The lowest BCUT2D eigenvalue weighted by Crippen LogP contribution is -2.53. The first-order valence-corrected chi connectivity index (χ1v) is 16.6. The average molecular weight is 637 g/mol. The van der Waals surface area contributed by atoms with Crippen molar-refractivity contribution in [3.8, 4) is 0 Å². The van der Waals surface area contributed by atoms with Gasteiger partial charge in [0.25, 0.3) is 10.0 Å². The number of amides is 2. The van der Waals surface area contributed by atoms with Crippen molar-refractivity contribution in [2.24, 2.45) is 0 Å². The predicted octanol–water partition coefficient (Wildman–Crippen LogP) is 6.55. The third-order valence-electron chi connectivity index (χ3n) is 6.42. The number of hydrogen-bond acceptors (Lipinski definition) is 5. The van der Waals surface area contributed by atoms with Gasteiger partial charge in [0.1, 0.15) is 12.6 Å². The van der Waals surface area contributed by atoms with Crippen molar-refractivity contribution < 1.29 is 18.0 Å². The first-order chi connectivity index (χ1) is 19.4. The molecule has 3 aromatic carbocycles. The zero-order valence-corrected chi connectivity index (χ0v) is 26.9. The Balaban J connectivity index is 2.08. The molecule has 0 spiro atoms. The van der Waals surface area contributed by atoms with Gasteiger partial charge in [-0.05, 0) is 87.5 Å². The van der Waals surface area contributed by atoms with Crippen molar-refractivity contribution in [1.82, 2.24) is 10.2 Å². The van der Waals surface area contributed by atoms with Crippen LogP contribution in [0.1, 0.15) is 38.3 Å². The largest absolute Gasteiger partial charge is 0.352 e. The molecule has 0 unspecified atom stereocenters. The van der Waals surface area contributed by atoms with Crippen LogP contribution in [0, 0.1) is 6.92 Å². The molecule has 0 bridgehead atoms. The van der Waals surface area contributed by atoms with E-state index in [0.717, 1.165) is 14.8 Å². The molecule has 0 saturated carbocycles. The summed E-state index contributed by atoms with van der Waals surface area (Å²) >= 11 is 14.0. The Bertz CT molecular complexity index is 1460. The average Bonchev–Trinajstić information content (AvgIpc) is 2.92. The second-order valence-corrected chi connectivity index (χ2v) is 13.5. The number of carbonyl (C=O) groups excluding carboxylic acids is 2. The number of nitrogens with zero attached hydrogens (tertiary/aromatic N) is 2. The third-order valence-corrected chi connectivity index (χ3v) is 9.54. The van der Waals surface area contributed by atoms with E-state index in [-0.39, 0.29) is 23.4 Å². The van der Waals surface area contributed by atoms with Crippen LogP contribution in [0.2, 0.25) is 10.0 Å². The van der Waals surface area contributed by atoms with Crippen LogP contribution in [0.5, 0.6) is 0 Å². The Morgan fingerprint density at radius 3 is 2.15 bits per heavy atom. The second kappa shape index (κ2) is 14.4. The van der Waals surface area contributed by atoms with E-state index in [4.69, 9.17) is 23.2 Å². The van der Waals surface area contributed by atoms with Crippen LogP contribution in [0.25, 0.3) is 0 Å². The van der Waals surface area contributed by atoms with E-state index in [1.54, 1.807) is 61.5 Å². The molecular formula is C30H35Cl2N3O4S2. The van der Waals surface area contributed by atoms with Crippen LogP contribution in [0.4, 0.5) is 5.69 Å². The molecule has 1 N–H and O–H groups in total. The fourth-order valence-corrected chi connectivity index (χ4v) is 6.54. The van der Waals surface area contributed by atoms with Crippen LogP contribution in [0.15, 0.2) is 76.5 Å². The Kier molecular flexibility index (Phi) is 11.6. The van der Waals surface area contributed by atoms with Crippen molar-refractivity contribution in [1.29, 1.82) is 0 Å². The molecular weight excluding hydrogens is 601 g/mol. The molecule has 0 fully saturated rings. The number of rotatable bonds is 12.